The van der Waals surface area contributed by atoms with E-state index in [1.54, 1.807) is 0 Å². The van der Waals surface area contributed by atoms with Crippen LogP contribution >= 0.6 is 0 Å². The number of likely N-dealkylation sites (tertiary alicyclic amines) is 1. The lowest BCUT2D eigenvalue weighted by Gasteiger charge is -2.35. The number of piperidine rings is 1. The first-order valence-corrected chi connectivity index (χ1v) is 9.56. The number of hydrogen-bond acceptors (Lipinski definition) is 5. The van der Waals surface area contributed by atoms with Crippen LogP contribution in [-0.4, -0.2) is 88.6 Å². The molecule has 2 aliphatic rings. The molecule has 7 heteroatoms. The molecule has 1 aromatic rings. The third kappa shape index (κ3) is 5.26. The molecule has 0 aromatic carbocycles. The molecule has 3 heterocycles. The van der Waals surface area contributed by atoms with Crippen molar-refractivity contribution < 1.29 is 4.79 Å². The molecule has 0 spiro atoms. The van der Waals surface area contributed by atoms with E-state index in [0.29, 0.717) is 12.6 Å². The van der Waals surface area contributed by atoms with Gasteiger partial charge in [-0.2, -0.15) is 0 Å². The van der Waals surface area contributed by atoms with Gasteiger partial charge < -0.3 is 14.8 Å². The van der Waals surface area contributed by atoms with Crippen LogP contribution in [0.3, 0.4) is 0 Å². The lowest BCUT2D eigenvalue weighted by molar-refractivity contribution is -0.123. The zero-order chi connectivity index (χ0) is 17.6. The predicted molar refractivity (Wildman–Crippen MR) is 98.2 cm³/mol. The van der Waals surface area contributed by atoms with Crippen molar-refractivity contribution in [1.29, 1.82) is 0 Å². The molecule has 0 radical (unpaired) electrons. The molecule has 0 bridgehead atoms. The molecule has 0 saturated carbocycles. The highest BCUT2D eigenvalue weighted by Gasteiger charge is 2.23. The van der Waals surface area contributed by atoms with Gasteiger partial charge in [0.2, 0.25) is 5.91 Å². The van der Waals surface area contributed by atoms with Crippen LogP contribution < -0.4 is 5.32 Å². The summed E-state index contributed by atoms with van der Waals surface area (Å²) in [5.74, 6) is 1.29. The minimum absolute atomic E-state index is 0.187. The summed E-state index contributed by atoms with van der Waals surface area (Å²) in [5, 5.41) is 3.23. The van der Waals surface area contributed by atoms with Gasteiger partial charge in [-0.1, -0.05) is 6.92 Å². The van der Waals surface area contributed by atoms with Crippen LogP contribution in [0.15, 0.2) is 12.4 Å². The number of aryl methyl sites for hydroxylation is 1. The Balaban J connectivity index is 1.34. The molecule has 0 unspecified atom stereocenters. The standard InChI is InChI=1S/C18H32N6O/c1-3-22-7-4-16(5-8-22)20-18(25)15-24-12-10-23(11-13-24)14-17-19-6-9-21(17)2/h6,9,16H,3-5,7-8,10-15H2,1-2H3,(H,20,25). The van der Waals surface area contributed by atoms with E-state index in [0.717, 1.165) is 71.0 Å². The van der Waals surface area contributed by atoms with Gasteiger partial charge in [0.15, 0.2) is 0 Å². The first-order valence-electron chi connectivity index (χ1n) is 9.56. The highest BCUT2D eigenvalue weighted by atomic mass is 16.2. The lowest BCUT2D eigenvalue weighted by atomic mass is 10.1. The van der Waals surface area contributed by atoms with Gasteiger partial charge in [-0.25, -0.2) is 4.98 Å². The van der Waals surface area contributed by atoms with Gasteiger partial charge in [0, 0.05) is 64.8 Å². The van der Waals surface area contributed by atoms with Crippen molar-refractivity contribution in [2.75, 3.05) is 52.4 Å². The van der Waals surface area contributed by atoms with Crippen molar-refractivity contribution in [2.24, 2.45) is 7.05 Å². The van der Waals surface area contributed by atoms with E-state index in [1.165, 1.54) is 0 Å². The van der Waals surface area contributed by atoms with Crippen LogP contribution in [0, 0.1) is 0 Å². The minimum Gasteiger partial charge on any atom is -0.352 e. The van der Waals surface area contributed by atoms with Crippen LogP contribution in [0.2, 0.25) is 0 Å². The Labute approximate surface area is 151 Å². The van der Waals surface area contributed by atoms with E-state index in [4.69, 9.17) is 0 Å². The van der Waals surface area contributed by atoms with E-state index in [1.807, 2.05) is 19.4 Å². The second-order valence-electron chi connectivity index (χ2n) is 7.28. The monoisotopic (exact) mass is 348 g/mol. The van der Waals surface area contributed by atoms with Gasteiger partial charge in [0.25, 0.3) is 0 Å². The fourth-order valence-electron chi connectivity index (χ4n) is 3.72. The maximum absolute atomic E-state index is 12.3. The molecule has 2 fully saturated rings. The Hall–Kier alpha value is -1.44. The molecular formula is C18H32N6O. The van der Waals surface area contributed by atoms with Crippen molar-refractivity contribution in [1.82, 2.24) is 29.6 Å². The number of carbonyl (C=O) groups excluding carboxylic acids is 1. The maximum Gasteiger partial charge on any atom is 0.234 e. The van der Waals surface area contributed by atoms with Gasteiger partial charge in [-0.05, 0) is 19.4 Å². The van der Waals surface area contributed by atoms with Crippen LogP contribution in [0.4, 0.5) is 0 Å². The van der Waals surface area contributed by atoms with Gasteiger partial charge in [-0.3, -0.25) is 14.6 Å². The molecule has 1 amide bonds. The molecule has 3 rings (SSSR count). The Morgan fingerprint density at radius 3 is 2.40 bits per heavy atom. The number of aromatic nitrogens is 2. The summed E-state index contributed by atoms with van der Waals surface area (Å²) in [6.07, 6.45) is 6.00. The molecule has 0 atom stereocenters. The Morgan fingerprint density at radius 2 is 1.80 bits per heavy atom. The maximum atomic E-state index is 12.3. The summed E-state index contributed by atoms with van der Waals surface area (Å²) < 4.78 is 2.07. The van der Waals surface area contributed by atoms with Gasteiger partial charge in [0.05, 0.1) is 13.1 Å². The average molecular weight is 348 g/mol. The van der Waals surface area contributed by atoms with Crippen LogP contribution in [0.5, 0.6) is 0 Å². The summed E-state index contributed by atoms with van der Waals surface area (Å²) in [5.41, 5.74) is 0. The largest absolute Gasteiger partial charge is 0.352 e. The molecule has 140 valence electrons. The number of nitrogens with zero attached hydrogens (tertiary/aromatic N) is 5. The number of rotatable bonds is 6. The van der Waals surface area contributed by atoms with E-state index >= 15 is 0 Å². The molecule has 2 saturated heterocycles. The van der Waals surface area contributed by atoms with Gasteiger partial charge in [-0.15, -0.1) is 0 Å². The summed E-state index contributed by atoms with van der Waals surface area (Å²) >= 11 is 0. The molecule has 1 aromatic heterocycles. The number of imidazole rings is 1. The molecule has 1 N–H and O–H groups in total. The van der Waals surface area contributed by atoms with Crippen LogP contribution in [0.1, 0.15) is 25.6 Å². The van der Waals surface area contributed by atoms with Crippen molar-refractivity contribution in [3.63, 3.8) is 0 Å². The Bertz CT molecular complexity index is 544. The molecule has 0 aliphatic carbocycles. The number of nitrogens with one attached hydrogen (secondary N) is 1. The topological polar surface area (TPSA) is 56.6 Å². The number of amides is 1. The van der Waals surface area contributed by atoms with E-state index in [9.17, 15) is 4.79 Å². The van der Waals surface area contributed by atoms with Crippen molar-refractivity contribution in [3.05, 3.63) is 18.2 Å². The lowest BCUT2D eigenvalue weighted by Crippen LogP contribution is -2.51. The van der Waals surface area contributed by atoms with Crippen LogP contribution in [-0.2, 0) is 18.4 Å². The molecule has 25 heavy (non-hydrogen) atoms. The normalized spacial score (nSPS) is 21.5. The summed E-state index contributed by atoms with van der Waals surface area (Å²) in [6.45, 7) is 10.8. The smallest absolute Gasteiger partial charge is 0.234 e. The number of carbonyl (C=O) groups is 1. The first kappa shape index (κ1) is 18.4. The zero-order valence-corrected chi connectivity index (χ0v) is 15.7. The second-order valence-corrected chi connectivity index (χ2v) is 7.28. The third-order valence-electron chi connectivity index (χ3n) is 5.52. The van der Waals surface area contributed by atoms with E-state index < -0.39 is 0 Å². The molecule has 7 nitrogen and oxygen atoms in total. The molecule has 2 aliphatic heterocycles. The number of piperazine rings is 1. The Morgan fingerprint density at radius 1 is 1.12 bits per heavy atom. The van der Waals surface area contributed by atoms with Gasteiger partial charge in [0.1, 0.15) is 5.82 Å². The predicted octanol–water partition coefficient (Wildman–Crippen LogP) is 0.138. The highest BCUT2D eigenvalue weighted by Crippen LogP contribution is 2.10. The fourth-order valence-corrected chi connectivity index (χ4v) is 3.72. The average Bonchev–Trinajstić information content (AvgIpc) is 3.02. The van der Waals surface area contributed by atoms with E-state index in [-0.39, 0.29) is 5.91 Å². The van der Waals surface area contributed by atoms with Crippen molar-refractivity contribution in [3.8, 4) is 0 Å². The Kier molecular flexibility index (Phi) is 6.45. The summed E-state index contributed by atoms with van der Waals surface area (Å²) in [4.78, 5) is 23.8. The zero-order valence-electron chi connectivity index (χ0n) is 15.7. The SMILES string of the molecule is CCN1CCC(NC(=O)CN2CCN(Cc3nccn3C)CC2)CC1. The summed E-state index contributed by atoms with van der Waals surface area (Å²) in [7, 11) is 2.04. The van der Waals surface area contributed by atoms with Crippen molar-refractivity contribution in [2.45, 2.75) is 32.4 Å². The van der Waals surface area contributed by atoms with E-state index in [2.05, 4.69) is 36.5 Å². The summed E-state index contributed by atoms with van der Waals surface area (Å²) in [6, 6.07) is 0.361. The fraction of sp³-hybridized carbons (Fsp3) is 0.778. The minimum atomic E-state index is 0.187. The van der Waals surface area contributed by atoms with Crippen LogP contribution in [0.25, 0.3) is 0 Å². The van der Waals surface area contributed by atoms with Crippen molar-refractivity contribution >= 4 is 5.91 Å². The third-order valence-corrected chi connectivity index (χ3v) is 5.52. The quantitative estimate of drug-likeness (QED) is 0.792. The highest BCUT2D eigenvalue weighted by molar-refractivity contribution is 5.78. The molecular weight excluding hydrogens is 316 g/mol. The second kappa shape index (κ2) is 8.78. The first-order chi connectivity index (χ1) is 12.1. The number of hydrogen-bond donors (Lipinski definition) is 1. The van der Waals surface area contributed by atoms with Gasteiger partial charge >= 0.3 is 0 Å².